The number of halogens is 3. The van der Waals surface area contributed by atoms with Gasteiger partial charge in [-0.2, -0.15) is 0 Å². The fourth-order valence-electron chi connectivity index (χ4n) is 4.09. The second kappa shape index (κ2) is 6.56. The number of rotatable bonds is 2. The lowest BCUT2D eigenvalue weighted by atomic mass is 9.86. The number of likely N-dealkylation sites (N-methyl/N-ethyl adjacent to an activating group) is 1. The maximum absolute atomic E-state index is 12.6. The van der Waals surface area contributed by atoms with Crippen molar-refractivity contribution in [1.82, 2.24) is 10.2 Å². The monoisotopic (exact) mass is 376 g/mol. The van der Waals surface area contributed by atoms with Crippen molar-refractivity contribution in [2.45, 2.75) is 12.3 Å². The van der Waals surface area contributed by atoms with Crippen molar-refractivity contribution in [1.29, 1.82) is 0 Å². The van der Waals surface area contributed by atoms with E-state index in [1.54, 1.807) is 12.1 Å². The van der Waals surface area contributed by atoms with Crippen LogP contribution in [-0.2, 0) is 0 Å². The van der Waals surface area contributed by atoms with Gasteiger partial charge in [-0.15, -0.1) is 13.2 Å². The van der Waals surface area contributed by atoms with Gasteiger partial charge in [0, 0.05) is 31.1 Å². The lowest BCUT2D eigenvalue weighted by Gasteiger charge is -2.17. The summed E-state index contributed by atoms with van der Waals surface area (Å²) in [6.45, 7) is 2.45. The fraction of sp³-hybridized carbons (Fsp3) is 0.350. The van der Waals surface area contributed by atoms with Crippen LogP contribution in [0.3, 0.4) is 0 Å². The molecule has 0 bridgehead atoms. The Morgan fingerprint density at radius 3 is 2.67 bits per heavy atom. The zero-order valence-corrected chi connectivity index (χ0v) is 14.7. The van der Waals surface area contributed by atoms with Crippen LogP contribution < -0.4 is 10.1 Å². The predicted molar refractivity (Wildman–Crippen MR) is 94.6 cm³/mol. The Hall–Kier alpha value is -2.54. The van der Waals surface area contributed by atoms with E-state index in [4.69, 9.17) is 0 Å². The van der Waals surface area contributed by atoms with Crippen LogP contribution in [0.15, 0.2) is 42.5 Å². The van der Waals surface area contributed by atoms with E-state index in [0.29, 0.717) is 29.2 Å². The minimum atomic E-state index is -4.74. The highest BCUT2D eigenvalue weighted by Crippen LogP contribution is 2.37. The first kappa shape index (κ1) is 17.9. The molecule has 27 heavy (non-hydrogen) atoms. The molecule has 2 atom stereocenters. The van der Waals surface area contributed by atoms with Crippen molar-refractivity contribution < 1.29 is 22.7 Å². The number of benzene rings is 2. The summed E-state index contributed by atoms with van der Waals surface area (Å²) in [5, 5.41) is 2.97. The maximum Gasteiger partial charge on any atom is 0.573 e. The van der Waals surface area contributed by atoms with Crippen LogP contribution in [0.4, 0.5) is 13.2 Å². The number of alkyl halides is 3. The summed E-state index contributed by atoms with van der Waals surface area (Å²) in [6, 6.07) is 11.3. The normalized spacial score (nSPS) is 22.6. The highest BCUT2D eigenvalue weighted by molar-refractivity contribution is 5.97. The first-order valence-electron chi connectivity index (χ1n) is 8.77. The summed E-state index contributed by atoms with van der Waals surface area (Å²) in [7, 11) is 2.07. The Labute approximate surface area is 154 Å². The predicted octanol–water partition coefficient (Wildman–Crippen LogP) is 3.64. The van der Waals surface area contributed by atoms with E-state index in [-0.39, 0.29) is 17.6 Å². The smallest absolute Gasteiger partial charge is 0.406 e. The summed E-state index contributed by atoms with van der Waals surface area (Å²) in [4.78, 5) is 14.8. The molecule has 142 valence electrons. The molecule has 0 aliphatic carbocycles. The van der Waals surface area contributed by atoms with Gasteiger partial charge in [-0.1, -0.05) is 24.3 Å². The lowest BCUT2D eigenvalue weighted by molar-refractivity contribution is -0.274. The van der Waals surface area contributed by atoms with Crippen molar-refractivity contribution in [3.63, 3.8) is 0 Å². The van der Waals surface area contributed by atoms with E-state index < -0.39 is 6.36 Å². The summed E-state index contributed by atoms with van der Waals surface area (Å²) in [6.07, 6.45) is -4.74. The second-order valence-electron chi connectivity index (χ2n) is 7.18. The van der Waals surface area contributed by atoms with Gasteiger partial charge in [0.1, 0.15) is 5.75 Å². The Kier molecular flexibility index (Phi) is 4.34. The second-order valence-corrected chi connectivity index (χ2v) is 7.18. The number of nitrogens with zero attached hydrogens (tertiary/aromatic N) is 1. The van der Waals surface area contributed by atoms with E-state index in [9.17, 15) is 18.0 Å². The van der Waals surface area contributed by atoms with Gasteiger partial charge < -0.3 is 15.0 Å². The molecule has 1 fully saturated rings. The number of ether oxygens (including phenoxy) is 1. The topological polar surface area (TPSA) is 41.6 Å². The van der Waals surface area contributed by atoms with Gasteiger partial charge in [0.05, 0.1) is 0 Å². The van der Waals surface area contributed by atoms with Crippen molar-refractivity contribution in [2.24, 2.45) is 5.92 Å². The highest BCUT2D eigenvalue weighted by Gasteiger charge is 2.37. The van der Waals surface area contributed by atoms with Crippen molar-refractivity contribution in [3.05, 3.63) is 53.6 Å². The van der Waals surface area contributed by atoms with Gasteiger partial charge in [-0.05, 0) is 47.9 Å². The fourth-order valence-corrected chi connectivity index (χ4v) is 4.09. The van der Waals surface area contributed by atoms with Crippen LogP contribution in [0.1, 0.15) is 21.8 Å². The Balaban J connectivity index is 1.71. The van der Waals surface area contributed by atoms with Gasteiger partial charge in [-0.25, -0.2) is 0 Å². The molecule has 1 amide bonds. The number of carbonyl (C=O) groups is 1. The number of likely N-dealkylation sites (tertiary alicyclic amines) is 1. The number of hydrogen-bond donors (Lipinski definition) is 1. The quantitative estimate of drug-likeness (QED) is 0.870. The number of amides is 1. The molecule has 1 N–H and O–H groups in total. The molecular formula is C20H19F3N2O2. The number of hydrogen-bond acceptors (Lipinski definition) is 3. The zero-order chi connectivity index (χ0) is 19.2. The van der Waals surface area contributed by atoms with E-state index >= 15 is 0 Å². The van der Waals surface area contributed by atoms with E-state index in [2.05, 4.69) is 22.0 Å². The molecule has 0 saturated carbocycles. The summed E-state index contributed by atoms with van der Waals surface area (Å²) in [5.74, 6) is 0.232. The summed E-state index contributed by atoms with van der Waals surface area (Å²) >= 11 is 0. The molecule has 7 heteroatoms. The molecule has 2 aliphatic heterocycles. The number of fused-ring (bicyclic) bond motifs is 3. The van der Waals surface area contributed by atoms with Gasteiger partial charge in [0.2, 0.25) is 0 Å². The molecule has 2 aliphatic rings. The van der Waals surface area contributed by atoms with Crippen LogP contribution in [0.5, 0.6) is 5.75 Å². The molecule has 4 nitrogen and oxygen atoms in total. The molecule has 1 saturated heterocycles. The molecule has 2 aromatic rings. The molecule has 4 rings (SSSR count). The third-order valence-corrected chi connectivity index (χ3v) is 5.25. The summed E-state index contributed by atoms with van der Waals surface area (Å²) in [5.41, 5.74) is 2.85. The SMILES string of the molecule is CN1CC2CNC(=O)c3cc(-c4cccc(OC(F)(F)F)c4)ccc3C2C1. The average molecular weight is 376 g/mol. The van der Waals surface area contributed by atoms with Gasteiger partial charge in [0.15, 0.2) is 0 Å². The summed E-state index contributed by atoms with van der Waals surface area (Å²) < 4.78 is 41.4. The standard InChI is InChI=1S/C20H19F3N2O2/c1-25-10-14-9-24-19(26)17-8-13(5-6-16(17)18(14)11-25)12-3-2-4-15(7-12)27-20(21,22)23/h2-8,14,18H,9-11H2,1H3,(H,24,26). The van der Waals surface area contributed by atoms with Crippen molar-refractivity contribution in [2.75, 3.05) is 26.7 Å². The molecule has 2 heterocycles. The van der Waals surface area contributed by atoms with E-state index in [1.165, 1.54) is 18.2 Å². The molecule has 0 spiro atoms. The number of carbonyl (C=O) groups excluding carboxylic acids is 1. The van der Waals surface area contributed by atoms with Crippen LogP contribution >= 0.6 is 0 Å². The third-order valence-electron chi connectivity index (χ3n) is 5.25. The van der Waals surface area contributed by atoms with E-state index in [0.717, 1.165) is 18.7 Å². The maximum atomic E-state index is 12.6. The third kappa shape index (κ3) is 3.64. The average Bonchev–Trinajstić information content (AvgIpc) is 2.93. The molecule has 2 unspecified atom stereocenters. The van der Waals surface area contributed by atoms with Crippen LogP contribution in [-0.4, -0.2) is 43.9 Å². The number of nitrogens with one attached hydrogen (secondary N) is 1. The lowest BCUT2D eigenvalue weighted by Crippen LogP contribution is -2.29. The Morgan fingerprint density at radius 1 is 1.11 bits per heavy atom. The van der Waals surface area contributed by atoms with Gasteiger partial charge in [0.25, 0.3) is 5.91 Å². The first-order chi connectivity index (χ1) is 12.8. The molecule has 0 radical (unpaired) electrons. The first-order valence-corrected chi connectivity index (χ1v) is 8.77. The van der Waals surface area contributed by atoms with Crippen LogP contribution in [0.2, 0.25) is 0 Å². The minimum absolute atomic E-state index is 0.133. The van der Waals surface area contributed by atoms with Gasteiger partial charge in [-0.3, -0.25) is 4.79 Å². The Morgan fingerprint density at radius 2 is 1.89 bits per heavy atom. The molecular weight excluding hydrogens is 357 g/mol. The minimum Gasteiger partial charge on any atom is -0.406 e. The van der Waals surface area contributed by atoms with Crippen LogP contribution in [0.25, 0.3) is 11.1 Å². The zero-order valence-electron chi connectivity index (χ0n) is 14.7. The molecule has 0 aromatic heterocycles. The molecule has 2 aromatic carbocycles. The highest BCUT2D eigenvalue weighted by atomic mass is 19.4. The largest absolute Gasteiger partial charge is 0.573 e. The van der Waals surface area contributed by atoms with Crippen molar-refractivity contribution >= 4 is 5.91 Å². The van der Waals surface area contributed by atoms with Gasteiger partial charge >= 0.3 is 6.36 Å². The van der Waals surface area contributed by atoms with Crippen molar-refractivity contribution in [3.8, 4) is 16.9 Å². The van der Waals surface area contributed by atoms with E-state index in [1.807, 2.05) is 12.1 Å². The van der Waals surface area contributed by atoms with Crippen LogP contribution in [0, 0.1) is 5.92 Å². The Bertz CT molecular complexity index is 882.